The molecule has 0 aliphatic carbocycles. The van der Waals surface area contributed by atoms with Gasteiger partial charge >= 0.3 is 5.97 Å². The van der Waals surface area contributed by atoms with Gasteiger partial charge in [-0.25, -0.2) is 9.78 Å². The molecule has 7 nitrogen and oxygen atoms in total. The number of hydrogen-bond acceptors (Lipinski definition) is 7. The van der Waals surface area contributed by atoms with E-state index in [4.69, 9.17) is 15.7 Å². The van der Waals surface area contributed by atoms with E-state index in [0.717, 1.165) is 0 Å². The maximum Gasteiger partial charge on any atom is 0.350 e. The number of benzene rings is 1. The Labute approximate surface area is 165 Å². The molecule has 1 aromatic heterocycles. The number of nitrogens with two attached hydrogens (primary N) is 1. The van der Waals surface area contributed by atoms with Crippen molar-refractivity contribution in [1.29, 1.82) is 5.26 Å². The fraction of sp³-hybridized carbons (Fsp3) is 0.286. The van der Waals surface area contributed by atoms with Crippen LogP contribution >= 0.6 is 0 Å². The summed E-state index contributed by atoms with van der Waals surface area (Å²) in [5.41, 5.74) is 11.3. The summed E-state index contributed by atoms with van der Waals surface area (Å²) < 4.78 is 4.81. The number of nitrogens with one attached hydrogen (secondary N) is 2. The lowest BCUT2D eigenvalue weighted by Gasteiger charge is -2.14. The summed E-state index contributed by atoms with van der Waals surface area (Å²) in [7, 11) is 0. The highest BCUT2D eigenvalue weighted by molar-refractivity contribution is 5.93. The van der Waals surface area contributed by atoms with Crippen molar-refractivity contribution in [2.75, 3.05) is 23.0 Å². The topological polar surface area (TPSA) is 113 Å². The third-order valence-corrected chi connectivity index (χ3v) is 4.20. The molecule has 0 aliphatic rings. The summed E-state index contributed by atoms with van der Waals surface area (Å²) in [5, 5.41) is 15.1. The summed E-state index contributed by atoms with van der Waals surface area (Å²) in [5.74, 6) is 0.197. The molecule has 0 unspecified atom stereocenters. The Hall–Kier alpha value is -3.53. The first-order chi connectivity index (χ1) is 13.3. The lowest BCUT2D eigenvalue weighted by atomic mass is 10.00. The molecule has 0 spiro atoms. The molecule has 0 bridgehead atoms. The first-order valence-electron chi connectivity index (χ1n) is 8.96. The van der Waals surface area contributed by atoms with Crippen molar-refractivity contribution < 1.29 is 9.53 Å². The fourth-order valence-corrected chi connectivity index (χ4v) is 2.86. The molecule has 28 heavy (non-hydrogen) atoms. The number of nitrogen functional groups attached to an aromatic ring is 1. The number of esters is 1. The van der Waals surface area contributed by atoms with Crippen molar-refractivity contribution >= 4 is 23.3 Å². The number of carbonyl (C=O) groups excluding carboxylic acids is 1. The Morgan fingerprint density at radius 2 is 1.96 bits per heavy atom. The van der Waals surface area contributed by atoms with Crippen LogP contribution in [0.3, 0.4) is 0 Å². The molecule has 2 aromatic rings. The van der Waals surface area contributed by atoms with Gasteiger partial charge in [-0.1, -0.05) is 17.7 Å². The van der Waals surface area contributed by atoms with Crippen LogP contribution in [0, 0.1) is 32.1 Å². The monoisotopic (exact) mass is 379 g/mol. The second kappa shape index (κ2) is 9.42. The number of aryl methyl sites for hydroxylation is 3. The normalized spacial score (nSPS) is 10.9. The predicted molar refractivity (Wildman–Crippen MR) is 111 cm³/mol. The van der Waals surface area contributed by atoms with Gasteiger partial charge in [0.2, 0.25) is 0 Å². The van der Waals surface area contributed by atoms with Gasteiger partial charge in [0, 0.05) is 12.7 Å². The standard InChI is InChI=1S/C21H25N5O2/c1-5-28-21(27)16(10-22)11-24-18-6-7-19(26-20(18)23)25-12-17-14(3)8-13(2)9-15(17)4/h6-9,11,24H,5,12H2,1-4H3,(H3,23,25,26)/b16-11+. The van der Waals surface area contributed by atoms with E-state index < -0.39 is 5.97 Å². The lowest BCUT2D eigenvalue weighted by Crippen LogP contribution is -2.09. The van der Waals surface area contributed by atoms with Crippen LogP contribution in [0.5, 0.6) is 0 Å². The average molecular weight is 379 g/mol. The van der Waals surface area contributed by atoms with Crippen LogP contribution in [-0.4, -0.2) is 17.6 Å². The number of nitrogens with zero attached hydrogens (tertiary/aromatic N) is 2. The van der Waals surface area contributed by atoms with Crippen LogP contribution in [0.25, 0.3) is 0 Å². The predicted octanol–water partition coefficient (Wildman–Crippen LogP) is 3.58. The van der Waals surface area contributed by atoms with Crippen LogP contribution in [0.4, 0.5) is 17.3 Å². The molecule has 0 atom stereocenters. The van der Waals surface area contributed by atoms with E-state index in [1.807, 2.05) is 0 Å². The van der Waals surface area contributed by atoms with Gasteiger partial charge in [0.05, 0.1) is 12.3 Å². The van der Waals surface area contributed by atoms with Crippen LogP contribution in [0.15, 0.2) is 36.0 Å². The number of aromatic nitrogens is 1. The minimum atomic E-state index is -0.689. The van der Waals surface area contributed by atoms with E-state index in [2.05, 4.69) is 48.5 Å². The molecular formula is C21H25N5O2. The van der Waals surface area contributed by atoms with E-state index in [9.17, 15) is 4.79 Å². The van der Waals surface area contributed by atoms with E-state index in [1.165, 1.54) is 28.5 Å². The van der Waals surface area contributed by atoms with Gasteiger partial charge in [0.25, 0.3) is 0 Å². The Balaban J connectivity index is 2.08. The lowest BCUT2D eigenvalue weighted by molar-refractivity contribution is -0.138. The molecular weight excluding hydrogens is 354 g/mol. The number of hydrogen-bond donors (Lipinski definition) is 3. The first kappa shape index (κ1) is 20.8. The van der Waals surface area contributed by atoms with Gasteiger partial charge in [-0.15, -0.1) is 0 Å². The Morgan fingerprint density at radius 3 is 2.54 bits per heavy atom. The zero-order valence-corrected chi connectivity index (χ0v) is 16.6. The summed E-state index contributed by atoms with van der Waals surface area (Å²) >= 11 is 0. The van der Waals surface area contributed by atoms with Gasteiger partial charge in [-0.05, 0) is 56.5 Å². The summed E-state index contributed by atoms with van der Waals surface area (Å²) in [4.78, 5) is 15.9. The van der Waals surface area contributed by atoms with Crippen molar-refractivity contribution in [3.63, 3.8) is 0 Å². The van der Waals surface area contributed by atoms with Crippen molar-refractivity contribution in [3.8, 4) is 6.07 Å². The molecule has 0 saturated carbocycles. The van der Waals surface area contributed by atoms with Gasteiger partial charge < -0.3 is 21.1 Å². The highest BCUT2D eigenvalue weighted by Crippen LogP contribution is 2.21. The zero-order valence-electron chi connectivity index (χ0n) is 16.6. The molecule has 0 saturated heterocycles. The molecule has 2 rings (SSSR count). The highest BCUT2D eigenvalue weighted by atomic mass is 16.5. The van der Waals surface area contributed by atoms with E-state index >= 15 is 0 Å². The van der Waals surface area contributed by atoms with Gasteiger partial charge in [-0.3, -0.25) is 0 Å². The summed E-state index contributed by atoms with van der Waals surface area (Å²) in [6.45, 7) is 8.77. The van der Waals surface area contributed by atoms with Crippen LogP contribution in [-0.2, 0) is 16.1 Å². The number of rotatable bonds is 7. The Bertz CT molecular complexity index is 921. The number of carbonyl (C=O) groups is 1. The van der Waals surface area contributed by atoms with E-state index in [0.29, 0.717) is 18.1 Å². The molecule has 0 radical (unpaired) electrons. The maximum atomic E-state index is 11.6. The third kappa shape index (κ3) is 5.24. The Morgan fingerprint density at radius 1 is 1.29 bits per heavy atom. The smallest absolute Gasteiger partial charge is 0.350 e. The molecule has 146 valence electrons. The molecule has 0 fully saturated rings. The van der Waals surface area contributed by atoms with E-state index in [-0.39, 0.29) is 18.0 Å². The highest BCUT2D eigenvalue weighted by Gasteiger charge is 2.10. The minimum absolute atomic E-state index is 0.145. The molecule has 0 aliphatic heterocycles. The molecule has 1 heterocycles. The fourth-order valence-electron chi connectivity index (χ4n) is 2.86. The third-order valence-electron chi connectivity index (χ3n) is 4.20. The number of ether oxygens (including phenoxy) is 1. The summed E-state index contributed by atoms with van der Waals surface area (Å²) in [6, 6.07) is 9.61. The van der Waals surface area contributed by atoms with Gasteiger partial charge in [0.1, 0.15) is 17.7 Å². The van der Waals surface area contributed by atoms with Gasteiger partial charge in [0.15, 0.2) is 5.57 Å². The average Bonchev–Trinajstić information content (AvgIpc) is 2.63. The van der Waals surface area contributed by atoms with Crippen molar-refractivity contribution in [2.24, 2.45) is 0 Å². The van der Waals surface area contributed by atoms with Crippen LogP contribution in [0.2, 0.25) is 0 Å². The largest absolute Gasteiger partial charge is 0.462 e. The molecule has 1 aromatic carbocycles. The minimum Gasteiger partial charge on any atom is -0.462 e. The van der Waals surface area contributed by atoms with E-state index in [1.54, 1.807) is 25.1 Å². The maximum absolute atomic E-state index is 11.6. The Kier molecular flexibility index (Phi) is 6.99. The number of pyridine rings is 1. The quantitative estimate of drug-likeness (QED) is 0.383. The van der Waals surface area contributed by atoms with Gasteiger partial charge in [-0.2, -0.15) is 5.26 Å². The molecule has 7 heteroatoms. The molecule has 4 N–H and O–H groups in total. The van der Waals surface area contributed by atoms with Crippen molar-refractivity contribution in [1.82, 2.24) is 4.98 Å². The van der Waals surface area contributed by atoms with Crippen LogP contribution < -0.4 is 16.4 Å². The number of nitriles is 1. The van der Waals surface area contributed by atoms with Crippen molar-refractivity contribution in [2.45, 2.75) is 34.2 Å². The SMILES string of the molecule is CCOC(=O)/C(C#N)=C/Nc1ccc(NCc2c(C)cc(C)cc2C)nc1N. The summed E-state index contributed by atoms with van der Waals surface area (Å²) in [6.07, 6.45) is 1.26. The first-order valence-corrected chi connectivity index (χ1v) is 8.96. The van der Waals surface area contributed by atoms with Crippen LogP contribution in [0.1, 0.15) is 29.2 Å². The number of anilines is 3. The second-order valence-corrected chi connectivity index (χ2v) is 6.39. The molecule has 0 amide bonds. The second-order valence-electron chi connectivity index (χ2n) is 6.39. The van der Waals surface area contributed by atoms with Crippen molar-refractivity contribution in [3.05, 3.63) is 58.3 Å². The zero-order chi connectivity index (χ0) is 20.7.